The summed E-state index contributed by atoms with van der Waals surface area (Å²) in [5, 5.41) is 3.91. The van der Waals surface area contributed by atoms with Crippen LogP contribution in [-0.4, -0.2) is 37.5 Å². The number of rotatable bonds is 5. The number of nitrogens with two attached hydrogens (primary N) is 1. The van der Waals surface area contributed by atoms with Crippen molar-refractivity contribution in [1.29, 1.82) is 0 Å². The van der Waals surface area contributed by atoms with Crippen molar-refractivity contribution in [2.24, 2.45) is 5.73 Å². The van der Waals surface area contributed by atoms with Crippen molar-refractivity contribution < 1.29 is 22.4 Å². The molecule has 8 nitrogen and oxygen atoms in total. The fraction of sp³-hybridized carbons (Fsp3) is 0.529. The lowest BCUT2D eigenvalue weighted by Crippen LogP contribution is -2.44. The summed E-state index contributed by atoms with van der Waals surface area (Å²) in [7, 11) is -3.52. The number of fused-ring (bicyclic) bond motifs is 1. The number of benzene rings is 1. The van der Waals surface area contributed by atoms with Gasteiger partial charge in [0.25, 0.3) is 0 Å². The zero-order chi connectivity index (χ0) is 18.2. The molecule has 1 aromatic carbocycles. The van der Waals surface area contributed by atoms with E-state index in [9.17, 15) is 8.42 Å². The SMILES string of the molecule is Cl.NC1(c2noc(CCS(=O)(=O)c3ccc4c(c3)OCCCO4)n2)CCC1. The van der Waals surface area contributed by atoms with Gasteiger partial charge in [-0.15, -0.1) is 12.4 Å². The number of halogens is 1. The number of nitrogens with zero attached hydrogens (tertiary/aromatic N) is 2. The number of sulfone groups is 1. The van der Waals surface area contributed by atoms with E-state index in [1.54, 1.807) is 6.07 Å². The van der Waals surface area contributed by atoms with Gasteiger partial charge in [0.05, 0.1) is 29.4 Å². The van der Waals surface area contributed by atoms with Crippen LogP contribution in [0.5, 0.6) is 11.5 Å². The molecule has 2 aliphatic rings. The Labute approximate surface area is 163 Å². The second-order valence-electron chi connectivity index (χ2n) is 6.75. The molecule has 0 bridgehead atoms. The van der Waals surface area contributed by atoms with Crippen LogP contribution in [0.2, 0.25) is 0 Å². The molecule has 2 aromatic rings. The summed E-state index contributed by atoms with van der Waals surface area (Å²) in [4.78, 5) is 4.46. The predicted molar refractivity (Wildman–Crippen MR) is 99.1 cm³/mol. The summed E-state index contributed by atoms with van der Waals surface area (Å²) in [5.41, 5.74) is 5.64. The van der Waals surface area contributed by atoms with Crippen molar-refractivity contribution in [1.82, 2.24) is 10.1 Å². The minimum Gasteiger partial charge on any atom is -0.490 e. The third-order valence-corrected chi connectivity index (χ3v) is 6.54. The average molecular weight is 416 g/mol. The minimum atomic E-state index is -3.52. The molecule has 1 aromatic heterocycles. The van der Waals surface area contributed by atoms with Crippen LogP contribution in [0.3, 0.4) is 0 Å². The molecule has 1 aliphatic carbocycles. The first-order chi connectivity index (χ1) is 12.5. The lowest BCUT2D eigenvalue weighted by atomic mass is 9.77. The molecule has 148 valence electrons. The highest BCUT2D eigenvalue weighted by Gasteiger charge is 2.39. The molecule has 1 saturated carbocycles. The van der Waals surface area contributed by atoms with Gasteiger partial charge in [-0.25, -0.2) is 8.42 Å². The molecule has 0 atom stereocenters. The average Bonchev–Trinajstić information content (AvgIpc) is 2.95. The highest BCUT2D eigenvalue weighted by Crippen LogP contribution is 2.37. The first-order valence-corrected chi connectivity index (χ1v) is 10.4. The molecule has 2 heterocycles. The number of aromatic nitrogens is 2. The van der Waals surface area contributed by atoms with Crippen LogP contribution in [0, 0.1) is 0 Å². The number of aryl methyl sites for hydroxylation is 1. The molecular weight excluding hydrogens is 394 g/mol. The first kappa shape index (κ1) is 19.9. The fourth-order valence-corrected chi connectivity index (χ4v) is 4.26. The predicted octanol–water partition coefficient (Wildman–Crippen LogP) is 2.01. The van der Waals surface area contributed by atoms with Gasteiger partial charge >= 0.3 is 0 Å². The van der Waals surface area contributed by atoms with Gasteiger partial charge in [-0.3, -0.25) is 0 Å². The van der Waals surface area contributed by atoms with Gasteiger partial charge in [0.1, 0.15) is 0 Å². The lowest BCUT2D eigenvalue weighted by molar-refractivity contribution is 0.229. The van der Waals surface area contributed by atoms with Crippen LogP contribution in [0.25, 0.3) is 0 Å². The zero-order valence-electron chi connectivity index (χ0n) is 14.7. The first-order valence-electron chi connectivity index (χ1n) is 8.71. The highest BCUT2D eigenvalue weighted by atomic mass is 35.5. The van der Waals surface area contributed by atoms with E-state index in [1.165, 1.54) is 12.1 Å². The Morgan fingerprint density at radius 2 is 1.85 bits per heavy atom. The molecule has 10 heteroatoms. The van der Waals surface area contributed by atoms with E-state index in [1.807, 2.05) is 0 Å². The van der Waals surface area contributed by atoms with Gasteiger partial charge in [0.15, 0.2) is 27.2 Å². The smallest absolute Gasteiger partial charge is 0.227 e. The van der Waals surface area contributed by atoms with E-state index in [4.69, 9.17) is 19.7 Å². The largest absolute Gasteiger partial charge is 0.490 e. The monoisotopic (exact) mass is 415 g/mol. The maximum Gasteiger partial charge on any atom is 0.227 e. The van der Waals surface area contributed by atoms with Crippen LogP contribution in [-0.2, 0) is 21.8 Å². The van der Waals surface area contributed by atoms with Crippen LogP contribution in [0.4, 0.5) is 0 Å². The molecule has 4 rings (SSSR count). The molecule has 0 amide bonds. The zero-order valence-corrected chi connectivity index (χ0v) is 16.4. The second-order valence-corrected chi connectivity index (χ2v) is 8.86. The van der Waals surface area contributed by atoms with Crippen LogP contribution in [0.15, 0.2) is 27.6 Å². The maximum atomic E-state index is 12.6. The lowest BCUT2D eigenvalue weighted by Gasteiger charge is -2.34. The van der Waals surface area contributed by atoms with Gasteiger partial charge < -0.3 is 19.7 Å². The molecule has 0 radical (unpaired) electrons. The fourth-order valence-electron chi connectivity index (χ4n) is 3.02. The summed E-state index contributed by atoms with van der Waals surface area (Å²) < 4.78 is 41.5. The third-order valence-electron chi connectivity index (χ3n) is 4.82. The van der Waals surface area contributed by atoms with Crippen LogP contribution >= 0.6 is 12.4 Å². The molecular formula is C17H22ClN3O5S. The summed E-state index contributed by atoms with van der Waals surface area (Å²) in [6, 6.07) is 4.68. The van der Waals surface area contributed by atoms with Crippen molar-refractivity contribution in [2.45, 2.75) is 42.5 Å². The molecule has 0 spiro atoms. The Balaban J connectivity index is 0.00000210. The number of hydrogen-bond donors (Lipinski definition) is 1. The van der Waals surface area contributed by atoms with Crippen LogP contribution in [0.1, 0.15) is 37.4 Å². The van der Waals surface area contributed by atoms with Crippen molar-refractivity contribution in [2.75, 3.05) is 19.0 Å². The Bertz CT molecular complexity index is 911. The summed E-state index contributed by atoms with van der Waals surface area (Å²) in [6.45, 7) is 1.06. The molecule has 1 fully saturated rings. The Morgan fingerprint density at radius 3 is 2.56 bits per heavy atom. The van der Waals surface area contributed by atoms with Crippen molar-refractivity contribution in [3.63, 3.8) is 0 Å². The van der Waals surface area contributed by atoms with E-state index in [2.05, 4.69) is 10.1 Å². The number of ether oxygens (including phenoxy) is 2. The van der Waals surface area contributed by atoms with Gasteiger partial charge in [0.2, 0.25) is 5.89 Å². The van der Waals surface area contributed by atoms with E-state index >= 15 is 0 Å². The standard InChI is InChI=1S/C17H21N3O5S.ClH/c18-17(6-1-7-17)16-19-15(25-20-16)5-10-26(21,22)12-3-4-13-14(11-12)24-9-2-8-23-13;/h3-4,11H,1-2,5-10,18H2;1H. The Kier molecular flexibility index (Phi) is 5.64. The van der Waals surface area contributed by atoms with Crippen molar-refractivity contribution in [3.8, 4) is 11.5 Å². The normalized spacial score (nSPS) is 18.1. The molecule has 0 unspecified atom stereocenters. The maximum absolute atomic E-state index is 12.6. The highest BCUT2D eigenvalue weighted by molar-refractivity contribution is 7.91. The molecule has 27 heavy (non-hydrogen) atoms. The second kappa shape index (κ2) is 7.65. The molecule has 2 N–H and O–H groups in total. The van der Waals surface area contributed by atoms with E-state index in [0.29, 0.717) is 30.5 Å². The summed E-state index contributed by atoms with van der Waals surface area (Å²) >= 11 is 0. The van der Waals surface area contributed by atoms with Crippen LogP contribution < -0.4 is 15.2 Å². The third kappa shape index (κ3) is 4.04. The summed E-state index contributed by atoms with van der Waals surface area (Å²) in [6.07, 6.45) is 3.58. The van der Waals surface area contributed by atoms with E-state index < -0.39 is 15.4 Å². The quantitative estimate of drug-likeness (QED) is 0.787. The Hall–Kier alpha value is -1.84. The van der Waals surface area contributed by atoms with Crippen molar-refractivity contribution >= 4 is 22.2 Å². The topological polar surface area (TPSA) is 118 Å². The van der Waals surface area contributed by atoms with E-state index in [0.717, 1.165) is 25.7 Å². The van der Waals surface area contributed by atoms with Gasteiger partial charge in [-0.2, -0.15) is 4.98 Å². The van der Waals surface area contributed by atoms with Gasteiger partial charge in [-0.1, -0.05) is 5.16 Å². The molecule has 0 saturated heterocycles. The Morgan fingerprint density at radius 1 is 1.11 bits per heavy atom. The van der Waals surface area contributed by atoms with Crippen molar-refractivity contribution in [3.05, 3.63) is 29.9 Å². The molecule has 1 aliphatic heterocycles. The van der Waals surface area contributed by atoms with Gasteiger partial charge in [-0.05, 0) is 31.4 Å². The minimum absolute atomic E-state index is 0. The summed E-state index contributed by atoms with van der Waals surface area (Å²) in [5.74, 6) is 1.64. The number of hydrogen-bond acceptors (Lipinski definition) is 8. The van der Waals surface area contributed by atoms with E-state index in [-0.39, 0.29) is 35.4 Å². The van der Waals surface area contributed by atoms with Gasteiger partial charge in [0, 0.05) is 18.9 Å².